The van der Waals surface area contributed by atoms with E-state index in [0.717, 1.165) is 19.4 Å². The Morgan fingerprint density at radius 1 is 1.50 bits per heavy atom. The van der Waals surface area contributed by atoms with Gasteiger partial charge in [0.1, 0.15) is 5.54 Å². The quantitative estimate of drug-likeness (QED) is 0.550. The third-order valence-electron chi connectivity index (χ3n) is 3.09. The second-order valence-corrected chi connectivity index (χ2v) is 4.95. The number of carbonyl (C=O) groups excluding carboxylic acids is 1. The van der Waals surface area contributed by atoms with Gasteiger partial charge in [-0.1, -0.05) is 0 Å². The summed E-state index contributed by atoms with van der Waals surface area (Å²) in [6.45, 7) is 5.65. The molecule has 1 aliphatic rings. The summed E-state index contributed by atoms with van der Waals surface area (Å²) in [7, 11) is 0. The van der Waals surface area contributed by atoms with Crippen molar-refractivity contribution in [2.24, 2.45) is 5.73 Å². The van der Waals surface area contributed by atoms with Crippen molar-refractivity contribution in [3.05, 3.63) is 0 Å². The summed E-state index contributed by atoms with van der Waals surface area (Å²) in [4.78, 5) is 11.5. The van der Waals surface area contributed by atoms with E-state index in [-0.39, 0.29) is 12.1 Å². The van der Waals surface area contributed by atoms with E-state index in [9.17, 15) is 4.79 Å². The summed E-state index contributed by atoms with van der Waals surface area (Å²) in [5, 5.41) is 0. The van der Waals surface area contributed by atoms with Gasteiger partial charge in [0.05, 0.1) is 19.3 Å². The zero-order valence-electron chi connectivity index (χ0n) is 11.4. The van der Waals surface area contributed by atoms with Crippen LogP contribution in [0.4, 0.5) is 0 Å². The van der Waals surface area contributed by atoms with Gasteiger partial charge in [-0.15, -0.1) is 0 Å². The highest BCUT2D eigenvalue weighted by molar-refractivity contribution is 5.79. The summed E-state index contributed by atoms with van der Waals surface area (Å²) in [5.41, 5.74) is 4.91. The number of hydrogen-bond acceptors (Lipinski definition) is 5. The van der Waals surface area contributed by atoms with Crippen LogP contribution in [0.3, 0.4) is 0 Å². The van der Waals surface area contributed by atoms with Crippen LogP contribution >= 0.6 is 0 Å². The second-order valence-electron chi connectivity index (χ2n) is 4.95. The summed E-state index contributed by atoms with van der Waals surface area (Å²) in [5.74, 6) is -0.373. The maximum atomic E-state index is 11.5. The average molecular weight is 259 g/mol. The van der Waals surface area contributed by atoms with Gasteiger partial charge >= 0.3 is 5.97 Å². The molecule has 0 aromatic carbocycles. The highest BCUT2D eigenvalue weighted by Crippen LogP contribution is 2.14. The van der Waals surface area contributed by atoms with E-state index < -0.39 is 5.54 Å². The summed E-state index contributed by atoms with van der Waals surface area (Å²) in [6, 6.07) is 0. The van der Waals surface area contributed by atoms with Crippen molar-refractivity contribution in [2.45, 2.75) is 51.2 Å². The standard InChI is InChI=1S/C13H25NO4/c1-3-17-12(15)13(2,14)7-9-16-10-11-6-4-5-8-18-11/h11H,3-10,14H2,1-2H3. The predicted octanol–water partition coefficient (Wildman–Crippen LogP) is 1.24. The Kier molecular flexibility index (Phi) is 6.60. The zero-order valence-corrected chi connectivity index (χ0v) is 11.4. The first-order valence-corrected chi connectivity index (χ1v) is 6.71. The molecule has 1 saturated heterocycles. The van der Waals surface area contributed by atoms with E-state index in [2.05, 4.69) is 0 Å². The van der Waals surface area contributed by atoms with E-state index in [1.54, 1.807) is 13.8 Å². The Labute approximate surface area is 109 Å². The van der Waals surface area contributed by atoms with Crippen LogP contribution < -0.4 is 5.73 Å². The Hall–Kier alpha value is -0.650. The molecule has 1 heterocycles. The summed E-state index contributed by atoms with van der Waals surface area (Å²) < 4.78 is 16.0. The fourth-order valence-corrected chi connectivity index (χ4v) is 1.84. The van der Waals surface area contributed by atoms with E-state index in [1.807, 2.05) is 0 Å². The van der Waals surface area contributed by atoms with E-state index in [4.69, 9.17) is 19.9 Å². The first-order valence-electron chi connectivity index (χ1n) is 6.71. The fourth-order valence-electron chi connectivity index (χ4n) is 1.84. The lowest BCUT2D eigenvalue weighted by Crippen LogP contribution is -2.47. The van der Waals surface area contributed by atoms with Gasteiger partial charge in [-0.25, -0.2) is 0 Å². The number of nitrogens with two attached hydrogens (primary N) is 1. The van der Waals surface area contributed by atoms with Crippen molar-refractivity contribution in [1.29, 1.82) is 0 Å². The van der Waals surface area contributed by atoms with Crippen molar-refractivity contribution in [2.75, 3.05) is 26.4 Å². The van der Waals surface area contributed by atoms with Crippen LogP contribution in [0.15, 0.2) is 0 Å². The minimum atomic E-state index is -0.969. The van der Waals surface area contributed by atoms with Gasteiger partial charge in [0.25, 0.3) is 0 Å². The van der Waals surface area contributed by atoms with Crippen LogP contribution in [0, 0.1) is 0 Å². The van der Waals surface area contributed by atoms with Crippen LogP contribution in [0.2, 0.25) is 0 Å². The number of rotatable bonds is 7. The Bertz CT molecular complexity index is 249. The maximum Gasteiger partial charge on any atom is 0.325 e. The largest absolute Gasteiger partial charge is 0.465 e. The van der Waals surface area contributed by atoms with Crippen molar-refractivity contribution >= 4 is 5.97 Å². The average Bonchev–Trinajstić information content (AvgIpc) is 2.36. The SMILES string of the molecule is CCOC(=O)C(C)(N)CCOCC1CCCCO1. The molecule has 18 heavy (non-hydrogen) atoms. The van der Waals surface area contributed by atoms with Crippen LogP contribution in [-0.2, 0) is 19.0 Å². The smallest absolute Gasteiger partial charge is 0.325 e. The van der Waals surface area contributed by atoms with E-state index in [0.29, 0.717) is 26.2 Å². The molecule has 2 atom stereocenters. The van der Waals surface area contributed by atoms with Crippen molar-refractivity contribution in [1.82, 2.24) is 0 Å². The molecule has 0 radical (unpaired) electrons. The Morgan fingerprint density at radius 2 is 2.28 bits per heavy atom. The second kappa shape index (κ2) is 7.71. The Morgan fingerprint density at radius 3 is 2.89 bits per heavy atom. The van der Waals surface area contributed by atoms with Crippen LogP contribution in [-0.4, -0.2) is 44.0 Å². The molecule has 2 unspecified atom stereocenters. The van der Waals surface area contributed by atoms with Gasteiger partial charge in [-0.3, -0.25) is 4.79 Å². The predicted molar refractivity (Wildman–Crippen MR) is 68.3 cm³/mol. The lowest BCUT2D eigenvalue weighted by molar-refractivity contribution is -0.149. The molecule has 106 valence electrons. The highest BCUT2D eigenvalue weighted by atomic mass is 16.5. The summed E-state index contributed by atoms with van der Waals surface area (Å²) >= 11 is 0. The number of carbonyl (C=O) groups is 1. The maximum absolute atomic E-state index is 11.5. The molecular formula is C13H25NO4. The molecule has 0 amide bonds. The molecule has 1 aliphatic heterocycles. The van der Waals surface area contributed by atoms with Gasteiger partial charge in [-0.05, 0) is 39.5 Å². The van der Waals surface area contributed by atoms with Crippen molar-refractivity contribution in [3.8, 4) is 0 Å². The Balaban J connectivity index is 2.13. The molecule has 5 heteroatoms. The first-order chi connectivity index (χ1) is 8.56. The molecule has 0 bridgehead atoms. The molecule has 2 N–H and O–H groups in total. The normalized spacial score (nSPS) is 23.4. The third-order valence-corrected chi connectivity index (χ3v) is 3.09. The van der Waals surface area contributed by atoms with Crippen LogP contribution in [0.5, 0.6) is 0 Å². The van der Waals surface area contributed by atoms with Gasteiger partial charge in [-0.2, -0.15) is 0 Å². The van der Waals surface area contributed by atoms with Gasteiger partial charge < -0.3 is 19.9 Å². The number of esters is 1. The van der Waals surface area contributed by atoms with Crippen molar-refractivity contribution < 1.29 is 19.0 Å². The number of hydrogen-bond donors (Lipinski definition) is 1. The fraction of sp³-hybridized carbons (Fsp3) is 0.923. The topological polar surface area (TPSA) is 70.8 Å². The van der Waals surface area contributed by atoms with Crippen LogP contribution in [0.25, 0.3) is 0 Å². The zero-order chi connectivity index (χ0) is 13.4. The van der Waals surface area contributed by atoms with Gasteiger partial charge in [0.15, 0.2) is 0 Å². The number of ether oxygens (including phenoxy) is 3. The molecule has 0 spiro atoms. The molecule has 0 saturated carbocycles. The monoisotopic (exact) mass is 259 g/mol. The highest BCUT2D eigenvalue weighted by Gasteiger charge is 2.29. The van der Waals surface area contributed by atoms with Gasteiger partial charge in [0, 0.05) is 13.2 Å². The molecule has 0 aliphatic carbocycles. The minimum absolute atomic E-state index is 0.199. The van der Waals surface area contributed by atoms with E-state index in [1.165, 1.54) is 6.42 Å². The minimum Gasteiger partial charge on any atom is -0.465 e. The molecule has 1 rings (SSSR count). The lowest BCUT2D eigenvalue weighted by atomic mass is 10.0. The third kappa shape index (κ3) is 5.33. The lowest BCUT2D eigenvalue weighted by Gasteiger charge is -2.24. The van der Waals surface area contributed by atoms with Crippen LogP contribution in [0.1, 0.15) is 39.5 Å². The van der Waals surface area contributed by atoms with E-state index >= 15 is 0 Å². The molecule has 0 aromatic rings. The molecule has 1 fully saturated rings. The molecular weight excluding hydrogens is 234 g/mol. The molecule has 5 nitrogen and oxygen atoms in total. The van der Waals surface area contributed by atoms with Gasteiger partial charge in [0.2, 0.25) is 0 Å². The first kappa shape index (κ1) is 15.4. The summed E-state index contributed by atoms with van der Waals surface area (Å²) in [6.07, 6.45) is 4.05. The van der Waals surface area contributed by atoms with Crippen molar-refractivity contribution in [3.63, 3.8) is 0 Å². The molecule has 0 aromatic heterocycles.